The van der Waals surface area contributed by atoms with Crippen LogP contribution in [-0.2, 0) is 9.47 Å². The molecule has 1 aliphatic heterocycles. The van der Waals surface area contributed by atoms with Crippen molar-refractivity contribution in [1.29, 1.82) is 0 Å². The van der Waals surface area contributed by atoms with Crippen molar-refractivity contribution in [3.63, 3.8) is 0 Å². The fraction of sp³-hybridized carbons (Fsp3) is 1.00. The molecule has 0 N–H and O–H groups in total. The maximum Gasteiger partial charge on any atom is 0.149 e. The van der Waals surface area contributed by atoms with Gasteiger partial charge in [0.05, 0.1) is 12.7 Å². The number of ether oxygens (including phenoxy) is 2. The normalized spacial score (nSPS) is 34.2. The average Bonchev–Trinajstić information content (AvgIpc) is 1.94. The Morgan fingerprint density at radius 1 is 1.70 bits per heavy atom. The van der Waals surface area contributed by atoms with Gasteiger partial charge in [0.25, 0.3) is 0 Å². The van der Waals surface area contributed by atoms with Crippen LogP contribution in [-0.4, -0.2) is 32.1 Å². The minimum absolute atomic E-state index is 0.199. The van der Waals surface area contributed by atoms with Crippen LogP contribution in [0.15, 0.2) is 0 Å². The highest BCUT2D eigenvalue weighted by molar-refractivity contribution is 4.72. The first-order valence-electron chi connectivity index (χ1n) is 3.68. The largest absolute Gasteiger partial charge is 0.378 e. The van der Waals surface area contributed by atoms with Gasteiger partial charge in [-0.3, -0.25) is 0 Å². The van der Waals surface area contributed by atoms with Crippen molar-refractivity contribution in [2.45, 2.75) is 25.6 Å². The lowest BCUT2D eigenvalue weighted by Crippen LogP contribution is -2.35. The molecule has 1 rings (SSSR count). The molecule has 0 bridgehead atoms. The van der Waals surface area contributed by atoms with Crippen LogP contribution in [0.1, 0.15) is 13.3 Å². The van der Waals surface area contributed by atoms with E-state index in [1.165, 1.54) is 0 Å². The zero-order valence-corrected chi connectivity index (χ0v) is 6.18. The summed E-state index contributed by atoms with van der Waals surface area (Å²) in [5.41, 5.74) is 0. The van der Waals surface area contributed by atoms with Gasteiger partial charge in [0.2, 0.25) is 0 Å². The van der Waals surface area contributed by atoms with Crippen LogP contribution in [0.2, 0.25) is 0 Å². The van der Waals surface area contributed by atoms with Gasteiger partial charge >= 0.3 is 0 Å². The fourth-order valence-corrected chi connectivity index (χ4v) is 1.09. The van der Waals surface area contributed by atoms with E-state index in [4.69, 9.17) is 9.47 Å². The van der Waals surface area contributed by atoms with E-state index in [0.29, 0.717) is 19.6 Å². The highest BCUT2D eigenvalue weighted by Gasteiger charge is 2.25. The minimum atomic E-state index is -0.923. The van der Waals surface area contributed by atoms with E-state index < -0.39 is 6.17 Å². The lowest BCUT2D eigenvalue weighted by atomic mass is 10.1. The zero-order chi connectivity index (χ0) is 7.40. The first-order chi connectivity index (χ1) is 4.84. The SMILES string of the molecule is CCO[C@H]1CCOC[C@H]1F. The van der Waals surface area contributed by atoms with Crippen molar-refractivity contribution in [2.75, 3.05) is 19.8 Å². The van der Waals surface area contributed by atoms with E-state index in [2.05, 4.69) is 0 Å². The van der Waals surface area contributed by atoms with Gasteiger partial charge < -0.3 is 9.47 Å². The molecule has 0 saturated carbocycles. The summed E-state index contributed by atoms with van der Waals surface area (Å²) in [6.45, 7) is 3.29. The predicted molar refractivity (Wildman–Crippen MR) is 35.7 cm³/mol. The summed E-state index contributed by atoms with van der Waals surface area (Å²) in [6, 6.07) is 0. The Labute approximate surface area is 60.3 Å². The quantitative estimate of drug-likeness (QED) is 0.584. The van der Waals surface area contributed by atoms with Gasteiger partial charge in [-0.15, -0.1) is 0 Å². The molecule has 0 aliphatic carbocycles. The highest BCUT2D eigenvalue weighted by Crippen LogP contribution is 2.14. The van der Waals surface area contributed by atoms with Gasteiger partial charge in [0.15, 0.2) is 0 Å². The molecule has 0 spiro atoms. The van der Waals surface area contributed by atoms with Gasteiger partial charge in [-0.05, 0) is 13.3 Å². The van der Waals surface area contributed by atoms with E-state index in [-0.39, 0.29) is 12.7 Å². The van der Waals surface area contributed by atoms with Crippen molar-refractivity contribution in [3.8, 4) is 0 Å². The average molecular weight is 148 g/mol. The summed E-state index contributed by atoms with van der Waals surface area (Å²) in [7, 11) is 0. The van der Waals surface area contributed by atoms with Crippen LogP contribution in [0.25, 0.3) is 0 Å². The van der Waals surface area contributed by atoms with Crippen LogP contribution in [0.5, 0.6) is 0 Å². The van der Waals surface area contributed by atoms with Crippen molar-refractivity contribution >= 4 is 0 Å². The van der Waals surface area contributed by atoms with Crippen molar-refractivity contribution in [1.82, 2.24) is 0 Å². The van der Waals surface area contributed by atoms with Gasteiger partial charge in [-0.2, -0.15) is 0 Å². The monoisotopic (exact) mass is 148 g/mol. The number of alkyl halides is 1. The Balaban J connectivity index is 2.25. The second-order valence-electron chi connectivity index (χ2n) is 2.37. The topological polar surface area (TPSA) is 18.5 Å². The molecule has 1 saturated heterocycles. The molecule has 1 heterocycles. The number of halogens is 1. The summed E-state index contributed by atoms with van der Waals surface area (Å²) >= 11 is 0. The van der Waals surface area contributed by atoms with Crippen LogP contribution in [0, 0.1) is 0 Å². The molecule has 60 valence electrons. The first-order valence-corrected chi connectivity index (χ1v) is 3.68. The summed E-state index contributed by atoms with van der Waals surface area (Å²) in [4.78, 5) is 0. The lowest BCUT2D eigenvalue weighted by molar-refractivity contribution is -0.0810. The summed E-state index contributed by atoms with van der Waals surface area (Å²) in [6.07, 6.45) is -0.456. The Morgan fingerprint density at radius 2 is 2.50 bits per heavy atom. The molecule has 0 aromatic rings. The van der Waals surface area contributed by atoms with E-state index in [0.717, 1.165) is 0 Å². The molecule has 0 aromatic heterocycles. The molecular formula is C7H13FO2. The Morgan fingerprint density at radius 3 is 3.10 bits per heavy atom. The molecule has 0 amide bonds. The number of hydrogen-bond donors (Lipinski definition) is 0. The van der Waals surface area contributed by atoms with Gasteiger partial charge in [0, 0.05) is 13.2 Å². The second kappa shape index (κ2) is 3.88. The molecule has 0 aromatic carbocycles. The van der Waals surface area contributed by atoms with E-state index in [9.17, 15) is 4.39 Å². The Bertz CT molecular complexity index is 95.6. The van der Waals surface area contributed by atoms with E-state index >= 15 is 0 Å². The molecule has 1 fully saturated rings. The van der Waals surface area contributed by atoms with Crippen molar-refractivity contribution in [3.05, 3.63) is 0 Å². The van der Waals surface area contributed by atoms with Crippen molar-refractivity contribution in [2.24, 2.45) is 0 Å². The predicted octanol–water partition coefficient (Wildman–Crippen LogP) is 1.15. The molecule has 2 atom stereocenters. The van der Waals surface area contributed by atoms with Gasteiger partial charge in [-0.1, -0.05) is 0 Å². The molecule has 2 nitrogen and oxygen atoms in total. The molecule has 1 aliphatic rings. The van der Waals surface area contributed by atoms with Crippen molar-refractivity contribution < 1.29 is 13.9 Å². The number of rotatable bonds is 2. The maximum atomic E-state index is 12.8. The van der Waals surface area contributed by atoms with Gasteiger partial charge in [0.1, 0.15) is 6.17 Å². The Hall–Kier alpha value is -0.150. The van der Waals surface area contributed by atoms with Crippen LogP contribution in [0.4, 0.5) is 4.39 Å². The fourth-order valence-electron chi connectivity index (χ4n) is 1.09. The van der Waals surface area contributed by atoms with E-state index in [1.807, 2.05) is 6.92 Å². The lowest BCUT2D eigenvalue weighted by Gasteiger charge is -2.25. The molecule has 0 radical (unpaired) electrons. The van der Waals surface area contributed by atoms with E-state index in [1.54, 1.807) is 0 Å². The Kier molecular flexibility index (Phi) is 3.09. The van der Waals surface area contributed by atoms with Gasteiger partial charge in [-0.25, -0.2) is 4.39 Å². The zero-order valence-electron chi connectivity index (χ0n) is 6.18. The minimum Gasteiger partial charge on any atom is -0.378 e. The molecule has 10 heavy (non-hydrogen) atoms. The smallest absolute Gasteiger partial charge is 0.149 e. The summed E-state index contributed by atoms with van der Waals surface area (Å²) < 4.78 is 22.8. The third-order valence-corrected chi connectivity index (χ3v) is 1.61. The molecular weight excluding hydrogens is 135 g/mol. The summed E-state index contributed by atoms with van der Waals surface area (Å²) in [5, 5.41) is 0. The maximum absolute atomic E-state index is 12.8. The standard InChI is InChI=1S/C7H13FO2/c1-2-10-7-3-4-9-5-6(7)8/h6-7H,2-5H2,1H3/t6-,7+/m1/s1. The van der Waals surface area contributed by atoms with Crippen LogP contribution >= 0.6 is 0 Å². The molecule has 0 unspecified atom stereocenters. The highest BCUT2D eigenvalue weighted by atomic mass is 19.1. The summed E-state index contributed by atoms with van der Waals surface area (Å²) in [5.74, 6) is 0. The second-order valence-corrected chi connectivity index (χ2v) is 2.37. The third kappa shape index (κ3) is 1.92. The van der Waals surface area contributed by atoms with Crippen LogP contribution < -0.4 is 0 Å². The van der Waals surface area contributed by atoms with Crippen LogP contribution in [0.3, 0.4) is 0 Å². The third-order valence-electron chi connectivity index (χ3n) is 1.61. The molecule has 3 heteroatoms. The number of hydrogen-bond acceptors (Lipinski definition) is 2. The first kappa shape index (κ1) is 7.95.